The third-order valence-corrected chi connectivity index (χ3v) is 5.64. The van der Waals surface area contributed by atoms with E-state index in [-0.39, 0.29) is 17.9 Å². The lowest BCUT2D eigenvalue weighted by Gasteiger charge is -2.31. The van der Waals surface area contributed by atoms with Crippen molar-refractivity contribution >= 4 is 11.6 Å². The van der Waals surface area contributed by atoms with Crippen LogP contribution >= 0.6 is 0 Å². The number of ether oxygens (including phenoxy) is 1. The van der Waals surface area contributed by atoms with E-state index in [4.69, 9.17) is 4.74 Å². The first-order valence-electron chi connectivity index (χ1n) is 10.2. The number of likely N-dealkylation sites (tertiary alicyclic amines) is 1. The van der Waals surface area contributed by atoms with Crippen molar-refractivity contribution in [2.24, 2.45) is 0 Å². The van der Waals surface area contributed by atoms with E-state index in [1.54, 1.807) is 0 Å². The van der Waals surface area contributed by atoms with Gasteiger partial charge in [-0.25, -0.2) is 0 Å². The number of carbonyl (C=O) groups excluding carboxylic acids is 1. The Labute approximate surface area is 171 Å². The molecule has 1 aliphatic heterocycles. The average Bonchev–Trinajstić information content (AvgIpc) is 3.16. The lowest BCUT2D eigenvalue weighted by atomic mass is 9.87. The molecule has 1 amide bonds. The minimum Gasteiger partial charge on any atom is -0.484 e. The van der Waals surface area contributed by atoms with E-state index >= 15 is 0 Å². The molecule has 0 aliphatic carbocycles. The monoisotopic (exact) mass is 392 g/mol. The first-order chi connectivity index (χ1) is 13.9. The second kappa shape index (κ2) is 7.85. The molecule has 4 rings (SSSR count). The van der Waals surface area contributed by atoms with Crippen LogP contribution in [0.15, 0.2) is 48.7 Å². The highest BCUT2D eigenvalue weighted by atomic mass is 16.5. The smallest absolute Gasteiger partial charge is 0.260 e. The van der Waals surface area contributed by atoms with Crippen LogP contribution in [0.25, 0.3) is 5.65 Å². The molecule has 6 heteroatoms. The maximum absolute atomic E-state index is 12.6. The Morgan fingerprint density at radius 3 is 2.48 bits per heavy atom. The normalized spacial score (nSPS) is 15.6. The molecule has 0 bridgehead atoms. The molecule has 1 aliphatic rings. The standard InChI is InChI=1S/C23H28N4O2/c1-23(2,3)18-7-9-19(10-8-18)29-16-21(28)26-14-11-17(12-15-26)22-25-24-20-6-4-5-13-27(20)22/h4-10,13,17H,11-12,14-16H2,1-3H3. The van der Waals surface area contributed by atoms with Gasteiger partial charge in [-0.2, -0.15) is 0 Å². The second-order valence-electron chi connectivity index (χ2n) is 8.71. The van der Waals surface area contributed by atoms with Gasteiger partial charge in [0.25, 0.3) is 5.91 Å². The highest BCUT2D eigenvalue weighted by molar-refractivity contribution is 5.77. The van der Waals surface area contributed by atoms with Crippen LogP contribution in [0.4, 0.5) is 0 Å². The van der Waals surface area contributed by atoms with E-state index in [0.29, 0.717) is 5.92 Å². The number of rotatable bonds is 4. The average molecular weight is 393 g/mol. The quantitative estimate of drug-likeness (QED) is 0.677. The van der Waals surface area contributed by atoms with Crippen LogP contribution in [0, 0.1) is 0 Å². The van der Waals surface area contributed by atoms with Crippen molar-refractivity contribution in [3.05, 3.63) is 60.0 Å². The summed E-state index contributed by atoms with van der Waals surface area (Å²) in [5.74, 6) is 2.08. The van der Waals surface area contributed by atoms with Gasteiger partial charge < -0.3 is 9.64 Å². The Hall–Kier alpha value is -2.89. The third kappa shape index (κ3) is 4.26. The molecule has 29 heavy (non-hydrogen) atoms. The second-order valence-corrected chi connectivity index (χ2v) is 8.71. The first kappa shape index (κ1) is 19.4. The highest BCUT2D eigenvalue weighted by Gasteiger charge is 2.27. The number of piperidine rings is 1. The molecule has 1 aromatic carbocycles. The van der Waals surface area contributed by atoms with Crippen LogP contribution in [0.1, 0.15) is 50.9 Å². The van der Waals surface area contributed by atoms with Crippen LogP contribution in [-0.2, 0) is 10.2 Å². The predicted octanol–water partition coefficient (Wildman–Crippen LogP) is 3.81. The first-order valence-corrected chi connectivity index (χ1v) is 10.2. The molecule has 0 N–H and O–H groups in total. The van der Waals surface area contributed by atoms with Gasteiger partial charge in [-0.1, -0.05) is 39.0 Å². The number of pyridine rings is 1. The molecule has 0 spiro atoms. The van der Waals surface area contributed by atoms with E-state index in [1.807, 2.05) is 45.8 Å². The third-order valence-electron chi connectivity index (χ3n) is 5.64. The summed E-state index contributed by atoms with van der Waals surface area (Å²) in [6.45, 7) is 8.05. The van der Waals surface area contributed by atoms with Gasteiger partial charge in [0.2, 0.25) is 0 Å². The van der Waals surface area contributed by atoms with E-state index in [1.165, 1.54) is 5.56 Å². The molecule has 3 heterocycles. The van der Waals surface area contributed by atoms with Gasteiger partial charge in [0.1, 0.15) is 11.6 Å². The van der Waals surface area contributed by atoms with Crippen molar-refractivity contribution in [1.29, 1.82) is 0 Å². The Kier molecular flexibility index (Phi) is 5.26. The van der Waals surface area contributed by atoms with Gasteiger partial charge >= 0.3 is 0 Å². The Morgan fingerprint density at radius 1 is 1.07 bits per heavy atom. The minimum atomic E-state index is 0.0365. The summed E-state index contributed by atoms with van der Waals surface area (Å²) < 4.78 is 7.78. The van der Waals surface area contributed by atoms with Gasteiger partial charge in [0, 0.05) is 25.2 Å². The van der Waals surface area contributed by atoms with Crippen LogP contribution in [-0.4, -0.2) is 45.1 Å². The van der Waals surface area contributed by atoms with Crippen LogP contribution < -0.4 is 4.74 Å². The molecule has 6 nitrogen and oxygen atoms in total. The predicted molar refractivity (Wildman–Crippen MR) is 112 cm³/mol. The number of hydrogen-bond acceptors (Lipinski definition) is 4. The zero-order valence-corrected chi connectivity index (χ0v) is 17.3. The van der Waals surface area contributed by atoms with Gasteiger partial charge in [0.05, 0.1) is 0 Å². The van der Waals surface area contributed by atoms with E-state index < -0.39 is 0 Å². The SMILES string of the molecule is CC(C)(C)c1ccc(OCC(=O)N2CCC(c3nnc4ccccn34)CC2)cc1. The Morgan fingerprint density at radius 2 is 1.79 bits per heavy atom. The summed E-state index contributed by atoms with van der Waals surface area (Å²) in [6, 6.07) is 13.9. The molecule has 2 aromatic heterocycles. The number of carbonyl (C=O) groups is 1. The summed E-state index contributed by atoms with van der Waals surface area (Å²) in [4.78, 5) is 14.5. The lowest BCUT2D eigenvalue weighted by molar-refractivity contribution is -0.134. The van der Waals surface area contributed by atoms with Crippen molar-refractivity contribution in [1.82, 2.24) is 19.5 Å². The van der Waals surface area contributed by atoms with Crippen molar-refractivity contribution in [2.45, 2.75) is 44.9 Å². The van der Waals surface area contributed by atoms with Crippen LogP contribution in [0.5, 0.6) is 5.75 Å². The highest BCUT2D eigenvalue weighted by Crippen LogP contribution is 2.27. The number of amides is 1. The maximum Gasteiger partial charge on any atom is 0.260 e. The van der Waals surface area contributed by atoms with Gasteiger partial charge in [-0.3, -0.25) is 9.20 Å². The fraction of sp³-hybridized carbons (Fsp3) is 0.435. The van der Waals surface area contributed by atoms with E-state index in [0.717, 1.165) is 43.2 Å². The molecule has 1 fully saturated rings. The molecular formula is C23H28N4O2. The summed E-state index contributed by atoms with van der Waals surface area (Å²) in [5.41, 5.74) is 2.22. The maximum atomic E-state index is 12.6. The fourth-order valence-corrected chi connectivity index (χ4v) is 3.81. The number of benzene rings is 1. The zero-order valence-electron chi connectivity index (χ0n) is 17.3. The number of nitrogens with zero attached hydrogens (tertiary/aromatic N) is 4. The van der Waals surface area contributed by atoms with E-state index in [9.17, 15) is 4.79 Å². The fourth-order valence-electron chi connectivity index (χ4n) is 3.81. The van der Waals surface area contributed by atoms with Crippen molar-refractivity contribution < 1.29 is 9.53 Å². The van der Waals surface area contributed by atoms with Crippen molar-refractivity contribution in [3.63, 3.8) is 0 Å². The Bertz CT molecular complexity index is 980. The molecular weight excluding hydrogens is 364 g/mol. The summed E-state index contributed by atoms with van der Waals surface area (Å²) in [6.07, 6.45) is 3.78. The van der Waals surface area contributed by atoms with Crippen molar-refractivity contribution in [3.8, 4) is 5.75 Å². The topological polar surface area (TPSA) is 59.7 Å². The number of aromatic nitrogens is 3. The van der Waals surface area contributed by atoms with Gasteiger partial charge in [-0.05, 0) is 48.1 Å². The van der Waals surface area contributed by atoms with Gasteiger partial charge in [-0.15, -0.1) is 10.2 Å². The summed E-state index contributed by atoms with van der Waals surface area (Å²) in [7, 11) is 0. The lowest BCUT2D eigenvalue weighted by Crippen LogP contribution is -2.40. The molecule has 152 valence electrons. The van der Waals surface area contributed by atoms with E-state index in [2.05, 4.69) is 43.1 Å². The summed E-state index contributed by atoms with van der Waals surface area (Å²) >= 11 is 0. The molecule has 0 radical (unpaired) electrons. The minimum absolute atomic E-state index is 0.0365. The van der Waals surface area contributed by atoms with Crippen molar-refractivity contribution in [2.75, 3.05) is 19.7 Å². The van der Waals surface area contributed by atoms with Crippen LogP contribution in [0.3, 0.4) is 0 Å². The molecule has 1 saturated heterocycles. The van der Waals surface area contributed by atoms with Crippen LogP contribution in [0.2, 0.25) is 0 Å². The Balaban J connectivity index is 1.30. The molecule has 0 saturated carbocycles. The number of hydrogen-bond donors (Lipinski definition) is 0. The largest absolute Gasteiger partial charge is 0.484 e. The number of fused-ring (bicyclic) bond motifs is 1. The van der Waals surface area contributed by atoms with Gasteiger partial charge in [0.15, 0.2) is 12.3 Å². The zero-order chi connectivity index (χ0) is 20.4. The summed E-state index contributed by atoms with van der Waals surface area (Å²) in [5, 5.41) is 8.62. The molecule has 0 atom stereocenters. The molecule has 0 unspecified atom stereocenters. The molecule has 3 aromatic rings.